The van der Waals surface area contributed by atoms with Crippen molar-refractivity contribution in [3.63, 3.8) is 0 Å². The summed E-state index contributed by atoms with van der Waals surface area (Å²) in [5, 5.41) is 2.80. The molecule has 0 fully saturated rings. The number of aryl methyl sites for hydroxylation is 1. The van der Waals surface area contributed by atoms with Crippen molar-refractivity contribution in [1.29, 1.82) is 0 Å². The van der Waals surface area contributed by atoms with Gasteiger partial charge in [0.25, 0.3) is 5.91 Å². The smallest absolute Gasteiger partial charge is 0.255 e. The highest BCUT2D eigenvalue weighted by molar-refractivity contribution is 7.89. The zero-order chi connectivity index (χ0) is 18.8. The molecule has 0 aliphatic heterocycles. The Bertz CT molecular complexity index is 895. The van der Waals surface area contributed by atoms with Gasteiger partial charge in [0, 0.05) is 31.9 Å². The van der Waals surface area contributed by atoms with Crippen LogP contribution in [-0.2, 0) is 16.6 Å². The molecule has 0 aliphatic carbocycles. The lowest BCUT2D eigenvalue weighted by molar-refractivity contribution is 0.102. The highest BCUT2D eigenvalue weighted by atomic mass is 35.5. The summed E-state index contributed by atoms with van der Waals surface area (Å²) in [5.74, 6) is -0.300. The molecular weight excluding hydrogens is 374 g/mol. The van der Waals surface area contributed by atoms with Gasteiger partial charge in [0.05, 0.1) is 4.90 Å². The Balaban J connectivity index is 0.00000338. The van der Waals surface area contributed by atoms with Crippen LogP contribution in [0.4, 0.5) is 5.69 Å². The Hall–Kier alpha value is -1.93. The molecule has 6 nitrogen and oxygen atoms in total. The zero-order valence-electron chi connectivity index (χ0n) is 15.2. The summed E-state index contributed by atoms with van der Waals surface area (Å²) in [6.07, 6.45) is 0. The van der Waals surface area contributed by atoms with Gasteiger partial charge in [0.1, 0.15) is 0 Å². The van der Waals surface area contributed by atoms with Crippen LogP contribution < -0.4 is 11.1 Å². The maximum atomic E-state index is 12.5. The van der Waals surface area contributed by atoms with Crippen LogP contribution in [-0.4, -0.2) is 32.7 Å². The lowest BCUT2D eigenvalue weighted by Gasteiger charge is -2.16. The number of hydrogen-bond donors (Lipinski definition) is 2. The molecule has 0 spiro atoms. The van der Waals surface area contributed by atoms with Gasteiger partial charge in [0.15, 0.2) is 0 Å². The maximum absolute atomic E-state index is 12.5. The zero-order valence-corrected chi connectivity index (χ0v) is 16.9. The van der Waals surface area contributed by atoms with E-state index in [9.17, 15) is 13.2 Å². The summed E-state index contributed by atoms with van der Waals surface area (Å²) in [6.45, 7) is 4.06. The Labute approximate surface area is 160 Å². The molecule has 2 rings (SSSR count). The van der Waals surface area contributed by atoms with Gasteiger partial charge in [-0.05, 0) is 54.8 Å². The summed E-state index contributed by atoms with van der Waals surface area (Å²) in [4.78, 5) is 12.6. The van der Waals surface area contributed by atoms with Gasteiger partial charge in [-0.3, -0.25) is 4.79 Å². The van der Waals surface area contributed by atoms with Crippen LogP contribution in [0.2, 0.25) is 0 Å². The first kappa shape index (κ1) is 22.1. The Kier molecular flexibility index (Phi) is 7.35. The van der Waals surface area contributed by atoms with Crippen LogP contribution in [0.3, 0.4) is 0 Å². The molecule has 0 aromatic heterocycles. The minimum atomic E-state index is -3.58. The first-order valence-electron chi connectivity index (χ1n) is 7.81. The summed E-state index contributed by atoms with van der Waals surface area (Å²) in [6, 6.07) is 10.1. The Morgan fingerprint density at radius 1 is 1.12 bits per heavy atom. The van der Waals surface area contributed by atoms with E-state index in [1.807, 2.05) is 13.8 Å². The molecule has 0 saturated carbocycles. The van der Waals surface area contributed by atoms with E-state index in [-0.39, 0.29) is 23.2 Å². The standard InChI is InChI=1S/C18H23N3O3S.ClH/c1-12-9-16(25(23,24)21(3)4)10-17(13(12)2)20-18(22)15-7-5-14(11-19)6-8-15;/h5-10H,11,19H2,1-4H3,(H,20,22);1H. The van der Waals surface area contributed by atoms with E-state index >= 15 is 0 Å². The number of hydrogen-bond acceptors (Lipinski definition) is 4. The van der Waals surface area contributed by atoms with Crippen LogP contribution in [0, 0.1) is 13.8 Å². The molecule has 0 aliphatic rings. The number of nitrogens with one attached hydrogen (secondary N) is 1. The molecule has 2 aromatic carbocycles. The molecule has 26 heavy (non-hydrogen) atoms. The van der Waals surface area contributed by atoms with Crippen LogP contribution in [0.25, 0.3) is 0 Å². The normalized spacial score (nSPS) is 11.2. The van der Waals surface area contributed by atoms with Gasteiger partial charge in [0.2, 0.25) is 10.0 Å². The van der Waals surface area contributed by atoms with E-state index in [0.29, 0.717) is 17.8 Å². The molecule has 0 bridgehead atoms. The third kappa shape index (κ3) is 4.62. The van der Waals surface area contributed by atoms with Crippen molar-refractivity contribution in [1.82, 2.24) is 4.31 Å². The minimum Gasteiger partial charge on any atom is -0.326 e. The van der Waals surface area contributed by atoms with Gasteiger partial charge in [-0.25, -0.2) is 12.7 Å². The number of sulfonamides is 1. The number of halogens is 1. The molecule has 8 heteroatoms. The molecule has 0 atom stereocenters. The number of carbonyl (C=O) groups excluding carboxylic acids is 1. The monoisotopic (exact) mass is 397 g/mol. The van der Waals surface area contributed by atoms with E-state index in [0.717, 1.165) is 21.0 Å². The number of amides is 1. The van der Waals surface area contributed by atoms with Gasteiger partial charge in [-0.1, -0.05) is 12.1 Å². The molecule has 0 unspecified atom stereocenters. The fraction of sp³-hybridized carbons (Fsp3) is 0.278. The first-order valence-corrected chi connectivity index (χ1v) is 9.25. The number of benzene rings is 2. The molecule has 0 heterocycles. The molecular formula is C18H24ClN3O3S. The van der Waals surface area contributed by atoms with Crippen molar-refractivity contribution in [3.05, 3.63) is 58.7 Å². The number of anilines is 1. The van der Waals surface area contributed by atoms with Gasteiger partial charge < -0.3 is 11.1 Å². The molecule has 142 valence electrons. The van der Waals surface area contributed by atoms with Crippen molar-refractivity contribution in [2.75, 3.05) is 19.4 Å². The fourth-order valence-electron chi connectivity index (χ4n) is 2.30. The van der Waals surface area contributed by atoms with E-state index in [1.54, 1.807) is 30.3 Å². The lowest BCUT2D eigenvalue weighted by Crippen LogP contribution is -2.23. The number of nitrogens with two attached hydrogens (primary N) is 1. The summed E-state index contributed by atoms with van der Waals surface area (Å²) >= 11 is 0. The second-order valence-electron chi connectivity index (χ2n) is 6.06. The molecule has 2 aromatic rings. The van der Waals surface area contributed by atoms with E-state index in [2.05, 4.69) is 5.32 Å². The minimum absolute atomic E-state index is 0. The van der Waals surface area contributed by atoms with Crippen molar-refractivity contribution in [2.45, 2.75) is 25.3 Å². The summed E-state index contributed by atoms with van der Waals surface area (Å²) in [7, 11) is -0.632. The molecule has 0 saturated heterocycles. The number of rotatable bonds is 5. The highest BCUT2D eigenvalue weighted by Gasteiger charge is 2.20. The maximum Gasteiger partial charge on any atom is 0.255 e. The van der Waals surface area contributed by atoms with Crippen LogP contribution in [0.5, 0.6) is 0 Å². The average Bonchev–Trinajstić information content (AvgIpc) is 2.58. The SMILES string of the molecule is Cc1cc(S(=O)(=O)N(C)C)cc(NC(=O)c2ccc(CN)cc2)c1C.Cl. The summed E-state index contributed by atoms with van der Waals surface area (Å²) in [5.41, 5.74) is 9.06. The molecule has 0 radical (unpaired) electrons. The predicted octanol–water partition coefficient (Wildman–Crippen LogP) is 2.69. The fourth-order valence-corrected chi connectivity index (χ4v) is 3.32. The topological polar surface area (TPSA) is 92.5 Å². The summed E-state index contributed by atoms with van der Waals surface area (Å²) < 4.78 is 25.9. The quantitative estimate of drug-likeness (QED) is 0.811. The number of carbonyl (C=O) groups is 1. The molecule has 3 N–H and O–H groups in total. The Morgan fingerprint density at radius 2 is 1.69 bits per heavy atom. The first-order chi connectivity index (χ1) is 11.7. The second-order valence-corrected chi connectivity index (χ2v) is 8.21. The van der Waals surface area contributed by atoms with Crippen molar-refractivity contribution in [2.24, 2.45) is 5.73 Å². The van der Waals surface area contributed by atoms with Crippen molar-refractivity contribution < 1.29 is 13.2 Å². The van der Waals surface area contributed by atoms with E-state index < -0.39 is 10.0 Å². The highest BCUT2D eigenvalue weighted by Crippen LogP contribution is 2.26. The second kappa shape index (κ2) is 8.64. The van der Waals surface area contributed by atoms with Gasteiger partial charge >= 0.3 is 0 Å². The predicted molar refractivity (Wildman–Crippen MR) is 106 cm³/mol. The van der Waals surface area contributed by atoms with Crippen molar-refractivity contribution >= 4 is 34.0 Å². The third-order valence-corrected chi connectivity index (χ3v) is 5.91. The van der Waals surface area contributed by atoms with Crippen LogP contribution in [0.15, 0.2) is 41.3 Å². The Morgan fingerprint density at radius 3 is 2.19 bits per heavy atom. The lowest BCUT2D eigenvalue weighted by atomic mass is 10.1. The van der Waals surface area contributed by atoms with Crippen LogP contribution in [0.1, 0.15) is 27.0 Å². The van der Waals surface area contributed by atoms with Gasteiger partial charge in [-0.2, -0.15) is 0 Å². The molecule has 1 amide bonds. The largest absolute Gasteiger partial charge is 0.326 e. The average molecular weight is 398 g/mol. The van der Waals surface area contributed by atoms with Crippen LogP contribution >= 0.6 is 12.4 Å². The van der Waals surface area contributed by atoms with E-state index in [4.69, 9.17) is 5.73 Å². The van der Waals surface area contributed by atoms with E-state index in [1.165, 1.54) is 20.2 Å². The number of nitrogens with zero attached hydrogens (tertiary/aromatic N) is 1. The van der Waals surface area contributed by atoms with Gasteiger partial charge in [-0.15, -0.1) is 12.4 Å². The third-order valence-electron chi connectivity index (χ3n) is 4.12. The van der Waals surface area contributed by atoms with Crippen molar-refractivity contribution in [3.8, 4) is 0 Å².